The summed E-state index contributed by atoms with van der Waals surface area (Å²) in [6.45, 7) is 3.23. The van der Waals surface area contributed by atoms with Crippen LogP contribution in [0.25, 0.3) is 0 Å². The van der Waals surface area contributed by atoms with Crippen molar-refractivity contribution in [3.05, 3.63) is 63.6 Å². The first kappa shape index (κ1) is 29.4. The molecular formula is C27H35Cl2N3O4S. The number of sulfonamides is 1. The molecular weight excluding hydrogens is 533 g/mol. The molecule has 0 spiro atoms. The fourth-order valence-corrected chi connectivity index (χ4v) is 6.21. The maximum Gasteiger partial charge on any atom is 0.243 e. The Kier molecular flexibility index (Phi) is 10.4. The van der Waals surface area contributed by atoms with Crippen molar-refractivity contribution in [2.75, 3.05) is 13.6 Å². The van der Waals surface area contributed by atoms with Gasteiger partial charge in [0.2, 0.25) is 21.8 Å². The van der Waals surface area contributed by atoms with E-state index < -0.39 is 28.5 Å². The van der Waals surface area contributed by atoms with Crippen LogP contribution in [0, 0.1) is 6.92 Å². The number of nitrogens with zero attached hydrogens (tertiary/aromatic N) is 2. The van der Waals surface area contributed by atoms with Crippen LogP contribution in [0.15, 0.2) is 47.4 Å². The number of aryl methyl sites for hydroxylation is 1. The first-order valence-corrected chi connectivity index (χ1v) is 14.8. The summed E-state index contributed by atoms with van der Waals surface area (Å²) in [7, 11) is -2.56. The molecule has 2 aromatic rings. The molecule has 0 saturated heterocycles. The summed E-state index contributed by atoms with van der Waals surface area (Å²) in [5.74, 6) is -0.769. The molecule has 0 unspecified atom stereocenters. The van der Waals surface area contributed by atoms with Crippen molar-refractivity contribution in [3.63, 3.8) is 0 Å². The van der Waals surface area contributed by atoms with Gasteiger partial charge in [0.25, 0.3) is 0 Å². The molecule has 7 nitrogen and oxygen atoms in total. The molecule has 10 heteroatoms. The minimum atomic E-state index is -3.92. The molecule has 0 bridgehead atoms. The highest BCUT2D eigenvalue weighted by molar-refractivity contribution is 7.89. The topological polar surface area (TPSA) is 86.8 Å². The second-order valence-corrected chi connectivity index (χ2v) is 12.4. The number of hydrogen-bond acceptors (Lipinski definition) is 4. The van der Waals surface area contributed by atoms with Crippen LogP contribution in [-0.2, 0) is 26.2 Å². The molecule has 1 aliphatic carbocycles. The van der Waals surface area contributed by atoms with Gasteiger partial charge in [-0.05, 0) is 50.5 Å². The summed E-state index contributed by atoms with van der Waals surface area (Å²) in [4.78, 5) is 28.5. The molecule has 1 N–H and O–H groups in total. The highest BCUT2D eigenvalue weighted by Crippen LogP contribution is 2.27. The highest BCUT2D eigenvalue weighted by atomic mass is 35.5. The highest BCUT2D eigenvalue weighted by Gasteiger charge is 2.33. The van der Waals surface area contributed by atoms with Gasteiger partial charge in [-0.3, -0.25) is 9.59 Å². The van der Waals surface area contributed by atoms with Crippen LogP contribution in [0.1, 0.15) is 56.6 Å². The first-order chi connectivity index (χ1) is 17.5. The Balaban J connectivity index is 1.88. The Morgan fingerprint density at radius 2 is 1.62 bits per heavy atom. The fraction of sp³-hybridized carbons (Fsp3) is 0.481. The zero-order valence-electron chi connectivity index (χ0n) is 21.5. The third-order valence-electron chi connectivity index (χ3n) is 6.81. The number of carbonyl (C=O) groups is 2. The van der Waals surface area contributed by atoms with Crippen molar-refractivity contribution in [2.45, 2.75) is 75.9 Å². The van der Waals surface area contributed by atoms with Crippen molar-refractivity contribution >= 4 is 45.0 Å². The summed E-state index contributed by atoms with van der Waals surface area (Å²) >= 11 is 12.8. The quantitative estimate of drug-likeness (QED) is 0.428. The molecule has 0 heterocycles. The number of likely N-dealkylation sites (N-methyl/N-ethyl adjacent to an activating group) is 1. The van der Waals surface area contributed by atoms with Gasteiger partial charge in [-0.1, -0.05) is 73.2 Å². The smallest absolute Gasteiger partial charge is 0.243 e. The van der Waals surface area contributed by atoms with Crippen molar-refractivity contribution in [1.82, 2.24) is 14.5 Å². The molecule has 2 amide bonds. The Hall–Kier alpha value is -2.13. The second-order valence-electron chi connectivity index (χ2n) is 9.56. The lowest BCUT2D eigenvalue weighted by Gasteiger charge is -2.34. The number of carbonyl (C=O) groups excluding carboxylic acids is 2. The molecule has 0 aromatic heterocycles. The van der Waals surface area contributed by atoms with E-state index in [9.17, 15) is 18.0 Å². The van der Waals surface area contributed by atoms with Crippen molar-refractivity contribution in [2.24, 2.45) is 0 Å². The van der Waals surface area contributed by atoms with Gasteiger partial charge in [-0.2, -0.15) is 4.31 Å². The zero-order chi connectivity index (χ0) is 27.2. The first-order valence-electron chi connectivity index (χ1n) is 12.6. The Morgan fingerprint density at radius 3 is 2.19 bits per heavy atom. The Labute approximate surface area is 230 Å². The molecule has 37 heavy (non-hydrogen) atoms. The molecule has 3 rings (SSSR count). The minimum absolute atomic E-state index is 0.0215. The molecule has 1 saturated carbocycles. The number of amides is 2. The van der Waals surface area contributed by atoms with E-state index in [1.54, 1.807) is 30.3 Å². The number of rotatable bonds is 10. The summed E-state index contributed by atoms with van der Waals surface area (Å²) in [5, 5.41) is 3.84. The van der Waals surface area contributed by atoms with Crippen LogP contribution in [0.3, 0.4) is 0 Å². The molecule has 1 atom stereocenters. The van der Waals surface area contributed by atoms with Crippen LogP contribution in [0.2, 0.25) is 10.0 Å². The van der Waals surface area contributed by atoms with Gasteiger partial charge in [0.1, 0.15) is 6.04 Å². The summed E-state index contributed by atoms with van der Waals surface area (Å²) in [6.07, 6.45) is 5.43. The minimum Gasteiger partial charge on any atom is -0.352 e. The molecule has 0 radical (unpaired) electrons. The van der Waals surface area contributed by atoms with E-state index in [0.29, 0.717) is 22.0 Å². The lowest BCUT2D eigenvalue weighted by atomic mass is 9.95. The number of halogens is 2. The molecule has 2 aromatic carbocycles. The number of nitrogens with one attached hydrogen (secondary N) is 1. The summed E-state index contributed by atoms with van der Waals surface area (Å²) < 4.78 is 27.3. The van der Waals surface area contributed by atoms with Gasteiger partial charge < -0.3 is 10.2 Å². The SMILES string of the molecule is CC[C@@H](C(=O)NC1CCCCC1)N(Cc1c(Cl)cccc1Cl)C(=O)CN(C)S(=O)(=O)c1ccc(C)cc1. The van der Waals surface area contributed by atoms with Gasteiger partial charge in [0.15, 0.2) is 0 Å². The number of hydrogen-bond donors (Lipinski definition) is 1. The predicted molar refractivity (Wildman–Crippen MR) is 147 cm³/mol. The van der Waals surface area contributed by atoms with Crippen molar-refractivity contribution in [3.8, 4) is 0 Å². The van der Waals surface area contributed by atoms with E-state index in [4.69, 9.17) is 23.2 Å². The third kappa shape index (κ3) is 7.47. The van der Waals surface area contributed by atoms with Crippen LogP contribution < -0.4 is 5.32 Å². The molecule has 1 fully saturated rings. The van der Waals surface area contributed by atoms with E-state index in [0.717, 1.165) is 42.0 Å². The van der Waals surface area contributed by atoms with Crippen LogP contribution in [0.4, 0.5) is 0 Å². The van der Waals surface area contributed by atoms with Gasteiger partial charge in [-0.15, -0.1) is 0 Å². The van der Waals surface area contributed by atoms with Crippen LogP contribution in [-0.4, -0.2) is 55.1 Å². The van der Waals surface area contributed by atoms with E-state index >= 15 is 0 Å². The van der Waals surface area contributed by atoms with Crippen LogP contribution >= 0.6 is 23.2 Å². The standard InChI is InChI=1S/C27H35Cl2N3O4S/c1-4-25(27(34)30-20-9-6-5-7-10-20)32(17-22-23(28)11-8-12-24(22)29)26(33)18-31(3)37(35,36)21-15-13-19(2)14-16-21/h8,11-16,20,25H,4-7,9-10,17-18H2,1-3H3,(H,30,34)/t25-/m0/s1. The van der Waals surface area contributed by atoms with Crippen molar-refractivity contribution < 1.29 is 18.0 Å². The normalized spacial score (nSPS) is 15.4. The van der Waals surface area contributed by atoms with Gasteiger partial charge in [0.05, 0.1) is 11.4 Å². The van der Waals surface area contributed by atoms with E-state index in [2.05, 4.69) is 5.32 Å². The fourth-order valence-electron chi connectivity index (χ4n) is 4.57. The van der Waals surface area contributed by atoms with Gasteiger partial charge >= 0.3 is 0 Å². The van der Waals surface area contributed by atoms with Crippen LogP contribution in [0.5, 0.6) is 0 Å². The molecule has 202 valence electrons. The lowest BCUT2D eigenvalue weighted by molar-refractivity contribution is -0.141. The van der Waals surface area contributed by atoms with Crippen molar-refractivity contribution in [1.29, 1.82) is 0 Å². The Morgan fingerprint density at radius 1 is 1.03 bits per heavy atom. The van der Waals surface area contributed by atoms with E-state index in [-0.39, 0.29) is 23.4 Å². The third-order valence-corrected chi connectivity index (χ3v) is 9.34. The predicted octanol–water partition coefficient (Wildman–Crippen LogP) is 5.18. The average molecular weight is 569 g/mol. The lowest BCUT2D eigenvalue weighted by Crippen LogP contribution is -2.53. The van der Waals surface area contributed by atoms with E-state index in [1.165, 1.54) is 24.1 Å². The van der Waals surface area contributed by atoms with Gasteiger partial charge in [0, 0.05) is 35.2 Å². The molecule has 1 aliphatic rings. The summed E-state index contributed by atoms with van der Waals surface area (Å²) in [6, 6.07) is 10.7. The monoisotopic (exact) mass is 567 g/mol. The van der Waals surface area contributed by atoms with Gasteiger partial charge in [-0.25, -0.2) is 8.42 Å². The molecule has 0 aliphatic heterocycles. The zero-order valence-corrected chi connectivity index (χ0v) is 23.9. The second kappa shape index (κ2) is 13.1. The average Bonchev–Trinajstić information content (AvgIpc) is 2.86. The maximum atomic E-state index is 13.7. The van der Waals surface area contributed by atoms with E-state index in [1.807, 2.05) is 13.8 Å². The summed E-state index contributed by atoms with van der Waals surface area (Å²) in [5.41, 5.74) is 1.43. The Bertz CT molecular complexity index is 1180. The number of benzene rings is 2. The largest absolute Gasteiger partial charge is 0.352 e. The maximum absolute atomic E-state index is 13.7.